The maximum Gasteiger partial charge on any atom is 0.265 e. The average molecular weight is 422 g/mol. The number of benzene rings is 1. The normalized spacial score (nSPS) is 21.0. The first kappa shape index (κ1) is 20.2. The number of nitrogens with one attached hydrogen (secondary N) is 1. The minimum absolute atomic E-state index is 0.120. The Morgan fingerprint density at radius 1 is 1.10 bits per heavy atom. The van der Waals surface area contributed by atoms with Gasteiger partial charge in [-0.25, -0.2) is 8.42 Å². The van der Waals surface area contributed by atoms with Crippen LogP contribution in [0.3, 0.4) is 0 Å². The zero-order valence-electron chi connectivity index (χ0n) is 16.4. The van der Waals surface area contributed by atoms with Crippen molar-refractivity contribution >= 4 is 27.5 Å². The lowest BCUT2D eigenvalue weighted by atomic mass is 9.95. The van der Waals surface area contributed by atoms with Gasteiger partial charge in [0.1, 0.15) is 12.3 Å². The Morgan fingerprint density at radius 3 is 2.55 bits per heavy atom. The molecule has 3 aliphatic rings. The lowest BCUT2D eigenvalue weighted by molar-refractivity contribution is -0.125. The predicted octanol–water partition coefficient (Wildman–Crippen LogP) is 1.65. The van der Waals surface area contributed by atoms with Gasteiger partial charge < -0.3 is 10.1 Å². The number of amides is 2. The van der Waals surface area contributed by atoms with Crippen LogP contribution in [0.5, 0.6) is 5.75 Å². The van der Waals surface area contributed by atoms with E-state index >= 15 is 0 Å². The van der Waals surface area contributed by atoms with Crippen LogP contribution in [0.15, 0.2) is 23.1 Å². The summed E-state index contributed by atoms with van der Waals surface area (Å²) < 4.78 is 32.7. The number of sulfonamides is 1. The smallest absolute Gasteiger partial charge is 0.265 e. The third-order valence-electron chi connectivity index (χ3n) is 5.85. The first-order valence-corrected chi connectivity index (χ1v) is 11.8. The number of fused-ring (bicyclic) bond motifs is 1. The molecule has 2 fully saturated rings. The molecule has 1 aromatic rings. The van der Waals surface area contributed by atoms with Crippen LogP contribution in [0.4, 0.5) is 5.69 Å². The summed E-state index contributed by atoms with van der Waals surface area (Å²) in [5.74, 6) is -0.173. The highest BCUT2D eigenvalue weighted by Gasteiger charge is 2.32. The molecule has 2 heterocycles. The number of hydrogen-bond donors (Lipinski definition) is 1. The molecule has 1 aliphatic carbocycles. The Hall–Kier alpha value is -2.13. The van der Waals surface area contributed by atoms with Gasteiger partial charge in [0.2, 0.25) is 15.9 Å². The lowest BCUT2D eigenvalue weighted by Gasteiger charge is -2.30. The standard InChI is InChI=1S/C20H27N3O5S/c24-19(21-15-6-2-1-3-7-15)13-23-17-12-16(8-9-18(17)28-14-20(23)25)29(26,27)22-10-4-5-11-22/h8-9,12,15H,1-7,10-11,13-14H2,(H,21,24). The largest absolute Gasteiger partial charge is 0.482 e. The van der Waals surface area contributed by atoms with E-state index in [1.54, 1.807) is 6.07 Å². The van der Waals surface area contributed by atoms with Crippen molar-refractivity contribution in [3.63, 3.8) is 0 Å². The SMILES string of the molecule is O=C(CN1C(=O)COc2ccc(S(=O)(=O)N3CCCC3)cc21)NC1CCCCC1. The highest BCUT2D eigenvalue weighted by molar-refractivity contribution is 7.89. The van der Waals surface area contributed by atoms with Crippen LogP contribution in [0, 0.1) is 0 Å². The molecule has 9 heteroatoms. The summed E-state index contributed by atoms with van der Waals surface area (Å²) in [6.07, 6.45) is 6.99. The van der Waals surface area contributed by atoms with E-state index in [2.05, 4.69) is 5.32 Å². The second-order valence-electron chi connectivity index (χ2n) is 7.91. The fraction of sp³-hybridized carbons (Fsp3) is 0.600. The molecule has 0 radical (unpaired) electrons. The number of carbonyl (C=O) groups is 2. The van der Waals surface area contributed by atoms with Crippen molar-refractivity contribution in [2.75, 3.05) is 31.1 Å². The molecule has 1 saturated heterocycles. The summed E-state index contributed by atoms with van der Waals surface area (Å²) in [5.41, 5.74) is 0.334. The van der Waals surface area contributed by atoms with Crippen LogP contribution >= 0.6 is 0 Å². The number of hydrogen-bond acceptors (Lipinski definition) is 5. The average Bonchev–Trinajstić information content (AvgIpc) is 3.26. The number of rotatable bonds is 5. The van der Waals surface area contributed by atoms with Gasteiger partial charge in [0.25, 0.3) is 5.91 Å². The zero-order valence-corrected chi connectivity index (χ0v) is 17.2. The Balaban J connectivity index is 1.55. The van der Waals surface area contributed by atoms with Gasteiger partial charge in [0.15, 0.2) is 6.61 Å². The maximum atomic E-state index is 12.9. The molecule has 0 unspecified atom stereocenters. The van der Waals surface area contributed by atoms with E-state index in [1.165, 1.54) is 27.8 Å². The lowest BCUT2D eigenvalue weighted by Crippen LogP contribution is -2.47. The molecule has 4 rings (SSSR count). The van der Waals surface area contributed by atoms with E-state index in [0.29, 0.717) is 24.5 Å². The molecule has 0 atom stereocenters. The topological polar surface area (TPSA) is 96.0 Å². The van der Waals surface area contributed by atoms with Gasteiger partial charge >= 0.3 is 0 Å². The second-order valence-corrected chi connectivity index (χ2v) is 9.85. The van der Waals surface area contributed by atoms with E-state index in [1.807, 2.05) is 0 Å². The van der Waals surface area contributed by atoms with E-state index < -0.39 is 10.0 Å². The summed E-state index contributed by atoms with van der Waals surface area (Å²) in [7, 11) is -3.62. The second kappa shape index (κ2) is 8.31. The van der Waals surface area contributed by atoms with Gasteiger partial charge in [-0.15, -0.1) is 0 Å². The van der Waals surface area contributed by atoms with Gasteiger partial charge in [-0.2, -0.15) is 4.31 Å². The quantitative estimate of drug-likeness (QED) is 0.780. The zero-order chi connectivity index (χ0) is 20.4. The van der Waals surface area contributed by atoms with Crippen LogP contribution in [-0.4, -0.2) is 56.8 Å². The summed E-state index contributed by atoms with van der Waals surface area (Å²) in [6, 6.07) is 4.67. The van der Waals surface area contributed by atoms with E-state index in [0.717, 1.165) is 38.5 Å². The fourth-order valence-corrected chi connectivity index (χ4v) is 5.79. The fourth-order valence-electron chi connectivity index (χ4n) is 4.26. The van der Waals surface area contributed by atoms with Crippen molar-refractivity contribution < 1.29 is 22.7 Å². The molecule has 0 aromatic heterocycles. The van der Waals surface area contributed by atoms with Crippen molar-refractivity contribution in [1.82, 2.24) is 9.62 Å². The van der Waals surface area contributed by atoms with E-state index in [-0.39, 0.29) is 35.9 Å². The molecule has 0 spiro atoms. The molecular formula is C20H27N3O5S. The molecule has 158 valence electrons. The van der Waals surface area contributed by atoms with Crippen LogP contribution in [0.2, 0.25) is 0 Å². The van der Waals surface area contributed by atoms with Crippen LogP contribution in [0.1, 0.15) is 44.9 Å². The molecule has 0 bridgehead atoms. The summed E-state index contributed by atoms with van der Waals surface area (Å²) in [5, 5.41) is 3.01. The Bertz CT molecular complexity index is 889. The molecule has 29 heavy (non-hydrogen) atoms. The molecule has 2 amide bonds. The van der Waals surface area contributed by atoms with Gasteiger partial charge in [0, 0.05) is 19.1 Å². The van der Waals surface area contributed by atoms with E-state index in [9.17, 15) is 18.0 Å². The minimum Gasteiger partial charge on any atom is -0.482 e. The number of anilines is 1. The predicted molar refractivity (Wildman–Crippen MR) is 107 cm³/mol. The first-order chi connectivity index (χ1) is 13.9. The van der Waals surface area contributed by atoms with Crippen LogP contribution in [0.25, 0.3) is 0 Å². The van der Waals surface area contributed by atoms with Gasteiger partial charge in [0.05, 0.1) is 10.6 Å². The monoisotopic (exact) mass is 421 g/mol. The van der Waals surface area contributed by atoms with Gasteiger partial charge in [-0.1, -0.05) is 19.3 Å². The molecule has 1 N–H and O–H groups in total. The minimum atomic E-state index is -3.62. The van der Waals surface area contributed by atoms with Crippen molar-refractivity contribution in [3.05, 3.63) is 18.2 Å². The summed E-state index contributed by atoms with van der Waals surface area (Å²) in [4.78, 5) is 26.5. The first-order valence-electron chi connectivity index (χ1n) is 10.3. The summed E-state index contributed by atoms with van der Waals surface area (Å²) in [6.45, 7) is 0.700. The van der Waals surface area contributed by atoms with Gasteiger partial charge in [-0.05, 0) is 43.9 Å². The Labute approximate surface area is 171 Å². The van der Waals surface area contributed by atoms with Crippen molar-refractivity contribution in [2.45, 2.75) is 55.9 Å². The Kier molecular flexibility index (Phi) is 5.78. The third-order valence-corrected chi connectivity index (χ3v) is 7.74. The Morgan fingerprint density at radius 2 is 1.83 bits per heavy atom. The third kappa shape index (κ3) is 4.25. The number of ether oxygens (including phenoxy) is 1. The molecular weight excluding hydrogens is 394 g/mol. The highest BCUT2D eigenvalue weighted by atomic mass is 32.2. The summed E-state index contributed by atoms with van der Waals surface area (Å²) >= 11 is 0. The van der Waals surface area contributed by atoms with E-state index in [4.69, 9.17) is 4.74 Å². The highest BCUT2D eigenvalue weighted by Crippen LogP contribution is 2.35. The molecule has 8 nitrogen and oxygen atoms in total. The molecule has 1 saturated carbocycles. The maximum absolute atomic E-state index is 12.9. The van der Waals surface area contributed by atoms with Gasteiger partial charge in [-0.3, -0.25) is 14.5 Å². The molecule has 2 aliphatic heterocycles. The van der Waals surface area contributed by atoms with Crippen LogP contribution < -0.4 is 15.0 Å². The molecule has 1 aromatic carbocycles. The van der Waals surface area contributed by atoms with Crippen molar-refractivity contribution in [2.24, 2.45) is 0 Å². The van der Waals surface area contributed by atoms with Crippen molar-refractivity contribution in [1.29, 1.82) is 0 Å². The number of carbonyl (C=O) groups excluding carboxylic acids is 2. The number of nitrogens with zero attached hydrogens (tertiary/aromatic N) is 2. The van der Waals surface area contributed by atoms with Crippen LogP contribution in [-0.2, 0) is 19.6 Å². The van der Waals surface area contributed by atoms with Crippen molar-refractivity contribution in [3.8, 4) is 5.75 Å².